The van der Waals surface area contributed by atoms with Gasteiger partial charge in [0.25, 0.3) is 0 Å². The minimum absolute atomic E-state index is 0.171. The van der Waals surface area contributed by atoms with Crippen LogP contribution in [-0.4, -0.2) is 25.8 Å². The van der Waals surface area contributed by atoms with Crippen LogP contribution in [0.15, 0.2) is 0 Å². The van der Waals surface area contributed by atoms with Crippen molar-refractivity contribution in [1.82, 2.24) is 4.72 Å². The third-order valence-electron chi connectivity index (χ3n) is 3.59. The zero-order valence-electron chi connectivity index (χ0n) is 9.04. The summed E-state index contributed by atoms with van der Waals surface area (Å²) in [4.78, 5) is 0. The van der Waals surface area contributed by atoms with Gasteiger partial charge in [0.2, 0.25) is 10.0 Å². The lowest BCUT2D eigenvalue weighted by molar-refractivity contribution is 0.467. The van der Waals surface area contributed by atoms with Crippen LogP contribution in [0, 0.1) is 0 Å². The average Bonchev–Trinajstić information content (AvgIpc) is 2.99. The molecular weight excluding hydrogens is 212 g/mol. The summed E-state index contributed by atoms with van der Waals surface area (Å²) >= 11 is 0. The first-order valence-corrected chi connectivity index (χ1v) is 7.35. The van der Waals surface area contributed by atoms with Crippen molar-refractivity contribution in [2.75, 3.05) is 6.54 Å². The van der Waals surface area contributed by atoms with Gasteiger partial charge in [-0.3, -0.25) is 0 Å². The number of rotatable bonds is 4. The first kappa shape index (κ1) is 11.4. The molecule has 0 unspecified atom stereocenters. The van der Waals surface area contributed by atoms with Gasteiger partial charge in [-0.15, -0.1) is 0 Å². The zero-order chi connectivity index (χ0) is 10.9. The maximum Gasteiger partial charge on any atom is 0.215 e. The number of hydrogen-bond donors (Lipinski definition) is 2. The van der Waals surface area contributed by atoms with Gasteiger partial charge in [0.15, 0.2) is 0 Å². The largest absolute Gasteiger partial charge is 0.329 e. The molecule has 0 saturated heterocycles. The second-order valence-corrected chi connectivity index (χ2v) is 6.85. The Morgan fingerprint density at radius 2 is 1.80 bits per heavy atom. The molecular formula is C10H20N2O2S. The molecule has 0 atom stereocenters. The zero-order valence-corrected chi connectivity index (χ0v) is 9.85. The molecule has 2 saturated carbocycles. The van der Waals surface area contributed by atoms with Crippen LogP contribution in [0.3, 0.4) is 0 Å². The summed E-state index contributed by atoms with van der Waals surface area (Å²) in [5, 5.41) is -0.171. The molecule has 2 aliphatic carbocycles. The lowest BCUT2D eigenvalue weighted by Crippen LogP contribution is -2.46. The SMILES string of the molecule is NCC1(NS(=O)(=O)C2CCCCC2)CC1. The lowest BCUT2D eigenvalue weighted by atomic mass is 10.0. The van der Waals surface area contributed by atoms with E-state index in [4.69, 9.17) is 5.73 Å². The summed E-state index contributed by atoms with van der Waals surface area (Å²) in [7, 11) is -3.12. The summed E-state index contributed by atoms with van der Waals surface area (Å²) in [6, 6.07) is 0. The first-order chi connectivity index (χ1) is 7.08. The Balaban J connectivity index is 1.99. The molecule has 88 valence electrons. The fourth-order valence-corrected chi connectivity index (χ4v) is 4.27. The highest BCUT2D eigenvalue weighted by molar-refractivity contribution is 7.90. The summed E-state index contributed by atoms with van der Waals surface area (Å²) in [6.07, 6.45) is 6.69. The smallest absolute Gasteiger partial charge is 0.215 e. The molecule has 0 aliphatic heterocycles. The highest BCUT2D eigenvalue weighted by atomic mass is 32.2. The van der Waals surface area contributed by atoms with Crippen molar-refractivity contribution < 1.29 is 8.42 Å². The van der Waals surface area contributed by atoms with Crippen LogP contribution in [0.2, 0.25) is 0 Å². The molecule has 0 aromatic heterocycles. The standard InChI is InChI=1S/C10H20N2O2S/c11-8-10(6-7-10)12-15(13,14)9-4-2-1-3-5-9/h9,12H,1-8,11H2. The highest BCUT2D eigenvalue weighted by Gasteiger charge is 2.46. The Labute approximate surface area is 91.7 Å². The van der Waals surface area contributed by atoms with E-state index in [1.54, 1.807) is 0 Å². The Morgan fingerprint density at radius 3 is 2.27 bits per heavy atom. The quantitative estimate of drug-likeness (QED) is 0.750. The van der Waals surface area contributed by atoms with Crippen LogP contribution in [0.5, 0.6) is 0 Å². The van der Waals surface area contributed by atoms with Crippen molar-refractivity contribution in [3.63, 3.8) is 0 Å². The molecule has 2 rings (SSSR count). The molecule has 15 heavy (non-hydrogen) atoms. The molecule has 5 heteroatoms. The van der Waals surface area contributed by atoms with E-state index in [0.717, 1.165) is 38.5 Å². The van der Waals surface area contributed by atoms with Crippen molar-refractivity contribution in [3.8, 4) is 0 Å². The molecule has 0 spiro atoms. The van der Waals surface area contributed by atoms with Gasteiger partial charge >= 0.3 is 0 Å². The van der Waals surface area contributed by atoms with Crippen LogP contribution in [-0.2, 0) is 10.0 Å². The molecule has 2 aliphatic rings. The Kier molecular flexibility index (Phi) is 3.05. The van der Waals surface area contributed by atoms with Crippen LogP contribution in [0.1, 0.15) is 44.9 Å². The second-order valence-electron chi connectivity index (χ2n) is 4.89. The van der Waals surface area contributed by atoms with E-state index in [-0.39, 0.29) is 10.8 Å². The Morgan fingerprint density at radius 1 is 1.20 bits per heavy atom. The van der Waals surface area contributed by atoms with Crippen molar-refractivity contribution >= 4 is 10.0 Å². The molecule has 4 nitrogen and oxygen atoms in total. The molecule has 0 aromatic carbocycles. The number of hydrogen-bond acceptors (Lipinski definition) is 3. The molecule has 0 amide bonds. The summed E-state index contributed by atoms with van der Waals surface area (Å²) in [5.74, 6) is 0. The fourth-order valence-electron chi connectivity index (χ4n) is 2.26. The number of sulfonamides is 1. The van der Waals surface area contributed by atoms with E-state index in [0.29, 0.717) is 6.54 Å². The van der Waals surface area contributed by atoms with Crippen LogP contribution >= 0.6 is 0 Å². The van der Waals surface area contributed by atoms with Gasteiger partial charge in [0.05, 0.1) is 5.25 Å². The van der Waals surface area contributed by atoms with E-state index in [1.807, 2.05) is 0 Å². The molecule has 0 heterocycles. The van der Waals surface area contributed by atoms with E-state index >= 15 is 0 Å². The minimum Gasteiger partial charge on any atom is -0.329 e. The van der Waals surface area contributed by atoms with Crippen LogP contribution in [0.4, 0.5) is 0 Å². The fraction of sp³-hybridized carbons (Fsp3) is 1.00. The third-order valence-corrected chi connectivity index (χ3v) is 5.66. The summed E-state index contributed by atoms with van der Waals surface area (Å²) < 4.78 is 26.9. The van der Waals surface area contributed by atoms with Gasteiger partial charge in [0, 0.05) is 12.1 Å². The Bertz CT molecular complexity index is 316. The first-order valence-electron chi connectivity index (χ1n) is 5.81. The topological polar surface area (TPSA) is 72.2 Å². The average molecular weight is 232 g/mol. The van der Waals surface area contributed by atoms with Crippen molar-refractivity contribution in [2.45, 2.75) is 55.7 Å². The van der Waals surface area contributed by atoms with Gasteiger partial charge in [-0.1, -0.05) is 19.3 Å². The van der Waals surface area contributed by atoms with E-state index in [1.165, 1.54) is 6.42 Å². The van der Waals surface area contributed by atoms with Crippen molar-refractivity contribution in [2.24, 2.45) is 5.73 Å². The van der Waals surface area contributed by atoms with Gasteiger partial charge < -0.3 is 5.73 Å². The lowest BCUT2D eigenvalue weighted by Gasteiger charge is -2.25. The maximum absolute atomic E-state index is 12.0. The predicted octanol–water partition coefficient (Wildman–Crippen LogP) is 0.730. The maximum atomic E-state index is 12.0. The third kappa shape index (κ3) is 2.52. The predicted molar refractivity (Wildman–Crippen MR) is 59.9 cm³/mol. The van der Waals surface area contributed by atoms with Crippen LogP contribution < -0.4 is 10.5 Å². The minimum atomic E-state index is -3.12. The van der Waals surface area contributed by atoms with Gasteiger partial charge in [-0.25, -0.2) is 13.1 Å². The van der Waals surface area contributed by atoms with E-state index in [2.05, 4.69) is 4.72 Å². The molecule has 2 fully saturated rings. The second kappa shape index (κ2) is 4.03. The Hall–Kier alpha value is -0.130. The molecule has 3 N–H and O–H groups in total. The van der Waals surface area contributed by atoms with Crippen molar-refractivity contribution in [3.05, 3.63) is 0 Å². The monoisotopic (exact) mass is 232 g/mol. The van der Waals surface area contributed by atoms with Crippen LogP contribution in [0.25, 0.3) is 0 Å². The number of nitrogens with one attached hydrogen (secondary N) is 1. The normalized spacial score (nSPS) is 26.5. The van der Waals surface area contributed by atoms with E-state index in [9.17, 15) is 8.42 Å². The summed E-state index contributed by atoms with van der Waals surface area (Å²) in [6.45, 7) is 0.430. The molecule has 0 bridgehead atoms. The highest BCUT2D eigenvalue weighted by Crippen LogP contribution is 2.36. The summed E-state index contributed by atoms with van der Waals surface area (Å²) in [5.41, 5.74) is 5.30. The van der Waals surface area contributed by atoms with Gasteiger partial charge in [0.1, 0.15) is 0 Å². The molecule has 0 aromatic rings. The van der Waals surface area contributed by atoms with E-state index < -0.39 is 10.0 Å². The van der Waals surface area contributed by atoms with Gasteiger partial charge in [-0.2, -0.15) is 0 Å². The number of nitrogens with two attached hydrogens (primary N) is 1. The van der Waals surface area contributed by atoms with Gasteiger partial charge in [-0.05, 0) is 25.7 Å². The molecule has 0 radical (unpaired) electrons. The van der Waals surface area contributed by atoms with Crippen molar-refractivity contribution in [1.29, 1.82) is 0 Å².